The maximum absolute atomic E-state index is 12.6. The van der Waals surface area contributed by atoms with Crippen LogP contribution in [0, 0.1) is 0 Å². The minimum absolute atomic E-state index is 0.0394. The van der Waals surface area contributed by atoms with Crippen molar-refractivity contribution in [1.82, 2.24) is 4.90 Å². The summed E-state index contributed by atoms with van der Waals surface area (Å²) in [4.78, 5) is 27.4. The molecule has 2 atom stereocenters. The molecule has 0 aliphatic heterocycles. The van der Waals surface area contributed by atoms with Crippen molar-refractivity contribution in [2.75, 3.05) is 52.7 Å². The molecule has 1 N–H and O–H groups in total. The average Bonchev–Trinajstić information content (AvgIpc) is 3.13. The highest BCUT2D eigenvalue weighted by Crippen LogP contribution is 2.18. The zero-order valence-corrected chi connectivity index (χ0v) is 35.0. The predicted octanol–water partition coefficient (Wildman–Crippen LogP) is 11.1. The van der Waals surface area contributed by atoms with Crippen LogP contribution in [0.4, 0.5) is 0 Å². The summed E-state index contributed by atoms with van der Waals surface area (Å²) in [6.07, 6.45) is 30.8. The van der Waals surface area contributed by atoms with Gasteiger partial charge in [-0.05, 0) is 64.2 Å². The molecule has 0 saturated heterocycles. The van der Waals surface area contributed by atoms with E-state index in [4.69, 9.17) is 18.9 Å². The van der Waals surface area contributed by atoms with E-state index >= 15 is 0 Å². The number of aliphatic hydroxyl groups is 1. The Morgan fingerprint density at radius 2 is 0.769 bits per heavy atom. The summed E-state index contributed by atoms with van der Waals surface area (Å²) in [6.45, 7) is 13.2. The van der Waals surface area contributed by atoms with E-state index < -0.39 is 0 Å². The molecular weight excluding hydrogens is 654 g/mol. The Labute approximate surface area is 322 Å². The van der Waals surface area contributed by atoms with E-state index in [2.05, 4.69) is 32.6 Å². The first-order valence-electron chi connectivity index (χ1n) is 22.4. The molecule has 0 aromatic heterocycles. The highest BCUT2D eigenvalue weighted by Gasteiger charge is 2.16. The quantitative estimate of drug-likeness (QED) is 0.0488. The van der Waals surface area contributed by atoms with Gasteiger partial charge in [-0.1, -0.05) is 130 Å². The van der Waals surface area contributed by atoms with E-state index in [0.717, 1.165) is 77.3 Å². The summed E-state index contributed by atoms with van der Waals surface area (Å²) in [5.74, 6) is -0.283. The van der Waals surface area contributed by atoms with Crippen LogP contribution in [0.3, 0.4) is 0 Å². The van der Waals surface area contributed by atoms with Crippen LogP contribution < -0.4 is 0 Å². The second kappa shape index (κ2) is 41.0. The number of carbonyl (C=O) groups is 2. The Kier molecular flexibility index (Phi) is 40.0. The SMILES string of the molecule is CCCCCCCCC(CCCCCC)OC(=O)CCOCCCN(CCO)CCCOCCC(=O)OC(CCCCCC)CCCCCCCC. The van der Waals surface area contributed by atoms with Gasteiger partial charge in [0.05, 0.1) is 32.7 Å². The van der Waals surface area contributed by atoms with E-state index in [1.165, 1.54) is 103 Å². The number of ether oxygens (including phenoxy) is 4. The molecule has 8 heteroatoms. The van der Waals surface area contributed by atoms with Gasteiger partial charge in [-0.25, -0.2) is 0 Å². The van der Waals surface area contributed by atoms with Gasteiger partial charge < -0.3 is 29.0 Å². The Bertz CT molecular complexity index is 694. The number of carbonyl (C=O) groups excluding carboxylic acids is 2. The second-order valence-electron chi connectivity index (χ2n) is 15.0. The fraction of sp³-hybridized carbons (Fsp3) is 0.955. The molecule has 0 amide bonds. The van der Waals surface area contributed by atoms with E-state index in [9.17, 15) is 14.7 Å². The van der Waals surface area contributed by atoms with E-state index in [1.54, 1.807) is 0 Å². The van der Waals surface area contributed by atoms with Gasteiger partial charge in [-0.2, -0.15) is 0 Å². The first kappa shape index (κ1) is 50.8. The van der Waals surface area contributed by atoms with Crippen LogP contribution in [0.1, 0.15) is 207 Å². The fourth-order valence-electron chi connectivity index (χ4n) is 6.69. The minimum Gasteiger partial charge on any atom is -0.462 e. The number of unbranched alkanes of at least 4 members (excludes halogenated alkanes) is 16. The smallest absolute Gasteiger partial charge is 0.308 e. The van der Waals surface area contributed by atoms with Gasteiger partial charge in [-0.3, -0.25) is 9.59 Å². The molecular formula is C44H87NO7. The molecule has 2 unspecified atom stereocenters. The molecule has 0 spiro atoms. The second-order valence-corrected chi connectivity index (χ2v) is 15.0. The van der Waals surface area contributed by atoms with Gasteiger partial charge in [0, 0.05) is 32.8 Å². The Balaban J connectivity index is 4.21. The molecule has 0 heterocycles. The van der Waals surface area contributed by atoms with Crippen molar-refractivity contribution in [3.05, 3.63) is 0 Å². The van der Waals surface area contributed by atoms with E-state index in [0.29, 0.717) is 45.8 Å². The van der Waals surface area contributed by atoms with Gasteiger partial charge >= 0.3 is 11.9 Å². The Morgan fingerprint density at radius 1 is 0.442 bits per heavy atom. The maximum Gasteiger partial charge on any atom is 0.308 e. The molecule has 8 nitrogen and oxygen atoms in total. The van der Waals surface area contributed by atoms with E-state index in [1.807, 2.05) is 0 Å². The summed E-state index contributed by atoms with van der Waals surface area (Å²) < 4.78 is 23.4. The van der Waals surface area contributed by atoms with Crippen molar-refractivity contribution in [1.29, 1.82) is 0 Å². The lowest BCUT2D eigenvalue weighted by molar-refractivity contribution is -0.152. The van der Waals surface area contributed by atoms with Gasteiger partial charge in [-0.15, -0.1) is 0 Å². The zero-order chi connectivity index (χ0) is 38.2. The normalized spacial score (nSPS) is 12.7. The summed E-state index contributed by atoms with van der Waals surface area (Å²) >= 11 is 0. The molecule has 52 heavy (non-hydrogen) atoms. The topological polar surface area (TPSA) is 94.5 Å². The number of hydrogen-bond donors (Lipinski definition) is 1. The zero-order valence-electron chi connectivity index (χ0n) is 35.0. The number of nitrogens with zero attached hydrogens (tertiary/aromatic N) is 1. The number of hydrogen-bond acceptors (Lipinski definition) is 8. The number of aliphatic hydroxyl groups excluding tert-OH is 1. The minimum atomic E-state index is -0.142. The Hall–Kier alpha value is -1.22. The summed E-state index contributed by atoms with van der Waals surface area (Å²) in [7, 11) is 0. The lowest BCUT2D eigenvalue weighted by Gasteiger charge is -2.21. The molecule has 0 fully saturated rings. The monoisotopic (exact) mass is 742 g/mol. The first-order chi connectivity index (χ1) is 25.5. The van der Waals surface area contributed by atoms with Crippen LogP contribution in [0.25, 0.3) is 0 Å². The highest BCUT2D eigenvalue weighted by molar-refractivity contribution is 5.70. The standard InChI is InChI=1S/C44H87NO7/c1-5-9-13-17-19-23-29-41(27-21-15-11-7-3)51-43(47)31-39-49-37-25-33-45(35-36-46)34-26-38-50-40-32-44(48)52-42(28-22-16-12-8-4)30-24-20-18-14-10-6-2/h41-42,46H,5-40H2,1-4H3. The van der Waals surface area contributed by atoms with Crippen LogP contribution in [-0.2, 0) is 28.5 Å². The maximum atomic E-state index is 12.6. The lowest BCUT2D eigenvalue weighted by Crippen LogP contribution is -2.30. The molecule has 0 rings (SSSR count). The van der Waals surface area contributed by atoms with E-state index in [-0.39, 0.29) is 30.8 Å². The van der Waals surface area contributed by atoms with Crippen LogP contribution in [0.15, 0.2) is 0 Å². The van der Waals surface area contributed by atoms with Crippen molar-refractivity contribution in [3.8, 4) is 0 Å². The molecule has 0 aliphatic rings. The lowest BCUT2D eigenvalue weighted by atomic mass is 10.0. The van der Waals surface area contributed by atoms with Crippen molar-refractivity contribution in [2.24, 2.45) is 0 Å². The first-order valence-corrected chi connectivity index (χ1v) is 22.4. The average molecular weight is 742 g/mol. The van der Waals surface area contributed by atoms with Gasteiger partial charge in [0.1, 0.15) is 12.2 Å². The van der Waals surface area contributed by atoms with Crippen LogP contribution in [-0.4, -0.2) is 86.8 Å². The largest absolute Gasteiger partial charge is 0.462 e. The molecule has 0 aliphatic carbocycles. The molecule has 0 radical (unpaired) electrons. The third-order valence-electron chi connectivity index (χ3n) is 9.96. The molecule has 0 aromatic rings. The van der Waals surface area contributed by atoms with Crippen LogP contribution in [0.2, 0.25) is 0 Å². The van der Waals surface area contributed by atoms with Crippen molar-refractivity contribution < 1.29 is 33.6 Å². The van der Waals surface area contributed by atoms with Crippen molar-refractivity contribution >= 4 is 11.9 Å². The highest BCUT2D eigenvalue weighted by atomic mass is 16.6. The number of rotatable bonds is 42. The Morgan fingerprint density at radius 3 is 1.12 bits per heavy atom. The molecule has 0 bridgehead atoms. The van der Waals surface area contributed by atoms with Gasteiger partial charge in [0.25, 0.3) is 0 Å². The number of esters is 2. The molecule has 0 aromatic carbocycles. The van der Waals surface area contributed by atoms with Gasteiger partial charge in [0.15, 0.2) is 0 Å². The van der Waals surface area contributed by atoms with Crippen LogP contribution >= 0.6 is 0 Å². The molecule has 0 saturated carbocycles. The van der Waals surface area contributed by atoms with Crippen LogP contribution in [0.5, 0.6) is 0 Å². The summed E-state index contributed by atoms with van der Waals surface area (Å²) in [6, 6.07) is 0. The summed E-state index contributed by atoms with van der Waals surface area (Å²) in [5, 5.41) is 9.54. The van der Waals surface area contributed by atoms with Crippen molar-refractivity contribution in [2.45, 2.75) is 220 Å². The van der Waals surface area contributed by atoms with Crippen molar-refractivity contribution in [3.63, 3.8) is 0 Å². The predicted molar refractivity (Wildman–Crippen MR) is 217 cm³/mol. The fourth-order valence-corrected chi connectivity index (χ4v) is 6.69. The summed E-state index contributed by atoms with van der Waals surface area (Å²) in [5.41, 5.74) is 0. The molecule has 310 valence electrons. The third kappa shape index (κ3) is 35.8. The van der Waals surface area contributed by atoms with Gasteiger partial charge in [0.2, 0.25) is 0 Å². The third-order valence-corrected chi connectivity index (χ3v) is 9.96.